The van der Waals surface area contributed by atoms with Crippen LogP contribution in [-0.2, 0) is 11.3 Å². The highest BCUT2D eigenvalue weighted by Crippen LogP contribution is 2.21. The minimum absolute atomic E-state index is 0.0627. The van der Waals surface area contributed by atoms with E-state index in [1.807, 2.05) is 0 Å². The number of hydrogen-bond acceptors (Lipinski definition) is 2. The van der Waals surface area contributed by atoms with E-state index in [0.29, 0.717) is 0 Å². The molecule has 1 aromatic rings. The maximum absolute atomic E-state index is 5.78. The van der Waals surface area contributed by atoms with Crippen molar-refractivity contribution in [2.24, 2.45) is 0 Å². The highest BCUT2D eigenvalue weighted by Gasteiger charge is 2.25. The summed E-state index contributed by atoms with van der Waals surface area (Å²) in [4.78, 5) is 2.35. The Hall–Kier alpha value is -0.860. The van der Waals surface area contributed by atoms with E-state index in [2.05, 4.69) is 49.1 Å². The van der Waals surface area contributed by atoms with Gasteiger partial charge in [-0.1, -0.05) is 30.3 Å². The molecule has 2 heteroatoms. The van der Waals surface area contributed by atoms with Gasteiger partial charge in [0, 0.05) is 13.1 Å². The SMILES string of the molecule is CC1(C)CCN(Cc2ccccc2)CO1. The van der Waals surface area contributed by atoms with Crippen LogP contribution in [0.4, 0.5) is 0 Å². The van der Waals surface area contributed by atoms with Crippen molar-refractivity contribution in [2.45, 2.75) is 32.4 Å². The van der Waals surface area contributed by atoms with Crippen molar-refractivity contribution in [3.63, 3.8) is 0 Å². The lowest BCUT2D eigenvalue weighted by Crippen LogP contribution is -2.42. The minimum Gasteiger partial charge on any atom is -0.360 e. The summed E-state index contributed by atoms with van der Waals surface area (Å²) < 4.78 is 5.78. The number of benzene rings is 1. The fourth-order valence-corrected chi connectivity index (χ4v) is 1.80. The predicted octanol–water partition coefficient (Wildman–Crippen LogP) is 2.65. The first-order valence-corrected chi connectivity index (χ1v) is 5.56. The molecule has 0 amide bonds. The average Bonchev–Trinajstić information content (AvgIpc) is 2.23. The fourth-order valence-electron chi connectivity index (χ4n) is 1.80. The average molecular weight is 205 g/mol. The van der Waals surface area contributed by atoms with Gasteiger partial charge in [-0.25, -0.2) is 0 Å². The summed E-state index contributed by atoms with van der Waals surface area (Å²) in [6, 6.07) is 10.6. The third-order valence-corrected chi connectivity index (χ3v) is 2.92. The van der Waals surface area contributed by atoms with Gasteiger partial charge in [-0.05, 0) is 25.8 Å². The van der Waals surface area contributed by atoms with Gasteiger partial charge in [-0.2, -0.15) is 0 Å². The van der Waals surface area contributed by atoms with Gasteiger partial charge in [0.25, 0.3) is 0 Å². The van der Waals surface area contributed by atoms with Crippen molar-refractivity contribution in [3.05, 3.63) is 35.9 Å². The molecule has 0 aromatic heterocycles. The Morgan fingerprint density at radius 3 is 2.60 bits per heavy atom. The maximum Gasteiger partial charge on any atom is 0.1000 e. The topological polar surface area (TPSA) is 12.5 Å². The monoisotopic (exact) mass is 205 g/mol. The molecule has 2 nitrogen and oxygen atoms in total. The number of ether oxygens (including phenoxy) is 1. The third-order valence-electron chi connectivity index (χ3n) is 2.92. The quantitative estimate of drug-likeness (QED) is 0.736. The molecule has 0 unspecified atom stereocenters. The van der Waals surface area contributed by atoms with Crippen LogP contribution in [0.2, 0.25) is 0 Å². The molecule has 2 rings (SSSR count). The van der Waals surface area contributed by atoms with Crippen LogP contribution in [0.15, 0.2) is 30.3 Å². The van der Waals surface area contributed by atoms with Crippen molar-refractivity contribution in [2.75, 3.05) is 13.3 Å². The second-order valence-corrected chi connectivity index (χ2v) is 4.82. The number of hydrogen-bond donors (Lipinski definition) is 0. The van der Waals surface area contributed by atoms with Crippen molar-refractivity contribution < 1.29 is 4.74 Å². The number of nitrogens with zero attached hydrogens (tertiary/aromatic N) is 1. The van der Waals surface area contributed by atoms with Gasteiger partial charge in [0.05, 0.1) is 12.3 Å². The summed E-state index contributed by atoms with van der Waals surface area (Å²) in [5.41, 5.74) is 1.42. The molecule has 1 aliphatic rings. The van der Waals surface area contributed by atoms with E-state index >= 15 is 0 Å². The highest BCUT2D eigenvalue weighted by atomic mass is 16.5. The van der Waals surface area contributed by atoms with E-state index in [0.717, 1.165) is 26.2 Å². The molecule has 0 aliphatic carbocycles. The molecule has 0 saturated carbocycles. The minimum atomic E-state index is 0.0627. The first kappa shape index (κ1) is 10.7. The molecule has 1 saturated heterocycles. The van der Waals surface area contributed by atoms with Crippen LogP contribution in [0.5, 0.6) is 0 Å². The van der Waals surface area contributed by atoms with Gasteiger partial charge >= 0.3 is 0 Å². The largest absolute Gasteiger partial charge is 0.360 e. The van der Waals surface area contributed by atoms with Gasteiger partial charge in [0.1, 0.15) is 0 Å². The highest BCUT2D eigenvalue weighted by molar-refractivity contribution is 5.14. The maximum atomic E-state index is 5.78. The lowest BCUT2D eigenvalue weighted by atomic mass is 10.0. The summed E-state index contributed by atoms with van der Waals surface area (Å²) >= 11 is 0. The van der Waals surface area contributed by atoms with Gasteiger partial charge < -0.3 is 4.74 Å². The van der Waals surface area contributed by atoms with E-state index in [1.54, 1.807) is 0 Å². The summed E-state index contributed by atoms with van der Waals surface area (Å²) in [5, 5.41) is 0. The molecule has 15 heavy (non-hydrogen) atoms. The van der Waals surface area contributed by atoms with E-state index in [4.69, 9.17) is 4.74 Å². The Bertz CT molecular complexity index is 298. The van der Waals surface area contributed by atoms with E-state index < -0.39 is 0 Å². The molecule has 1 heterocycles. The van der Waals surface area contributed by atoms with Crippen LogP contribution in [0.1, 0.15) is 25.8 Å². The van der Waals surface area contributed by atoms with E-state index in [-0.39, 0.29) is 5.60 Å². The van der Waals surface area contributed by atoms with Crippen LogP contribution >= 0.6 is 0 Å². The Balaban J connectivity index is 1.88. The Labute approximate surface area is 91.9 Å². The molecule has 1 aromatic carbocycles. The summed E-state index contributed by atoms with van der Waals surface area (Å²) in [7, 11) is 0. The van der Waals surface area contributed by atoms with Gasteiger partial charge in [0.15, 0.2) is 0 Å². The molecule has 0 bridgehead atoms. The lowest BCUT2D eigenvalue weighted by molar-refractivity contribution is -0.121. The molecule has 0 radical (unpaired) electrons. The molecule has 82 valence electrons. The van der Waals surface area contributed by atoms with Crippen molar-refractivity contribution >= 4 is 0 Å². The first-order chi connectivity index (χ1) is 7.16. The van der Waals surface area contributed by atoms with Crippen LogP contribution in [-0.4, -0.2) is 23.8 Å². The molecule has 0 N–H and O–H groups in total. The zero-order valence-electron chi connectivity index (χ0n) is 9.57. The molecule has 0 spiro atoms. The Morgan fingerprint density at radius 2 is 2.00 bits per heavy atom. The number of rotatable bonds is 2. The van der Waals surface area contributed by atoms with Crippen molar-refractivity contribution in [1.29, 1.82) is 0 Å². The molecular formula is C13H19NO. The van der Waals surface area contributed by atoms with Crippen LogP contribution < -0.4 is 0 Å². The van der Waals surface area contributed by atoms with Crippen LogP contribution in [0.25, 0.3) is 0 Å². The second-order valence-electron chi connectivity index (χ2n) is 4.82. The summed E-state index contributed by atoms with van der Waals surface area (Å²) in [6.07, 6.45) is 1.11. The van der Waals surface area contributed by atoms with Gasteiger partial charge in [-0.15, -0.1) is 0 Å². The normalized spacial score (nSPS) is 21.5. The van der Waals surface area contributed by atoms with E-state index in [9.17, 15) is 0 Å². The zero-order chi connectivity index (χ0) is 10.7. The molecule has 0 atom stereocenters. The zero-order valence-corrected chi connectivity index (χ0v) is 9.57. The Kier molecular flexibility index (Phi) is 3.08. The predicted molar refractivity (Wildman–Crippen MR) is 61.5 cm³/mol. The van der Waals surface area contributed by atoms with E-state index in [1.165, 1.54) is 5.56 Å². The standard InChI is InChI=1S/C13H19NO/c1-13(2)8-9-14(11-15-13)10-12-6-4-3-5-7-12/h3-7H,8-11H2,1-2H3. The van der Waals surface area contributed by atoms with Gasteiger partial charge in [0.2, 0.25) is 0 Å². The first-order valence-electron chi connectivity index (χ1n) is 5.56. The van der Waals surface area contributed by atoms with Crippen LogP contribution in [0.3, 0.4) is 0 Å². The van der Waals surface area contributed by atoms with Crippen molar-refractivity contribution in [1.82, 2.24) is 4.90 Å². The summed E-state index contributed by atoms with van der Waals surface area (Å²) in [6.45, 7) is 7.19. The molecule has 1 aliphatic heterocycles. The smallest absolute Gasteiger partial charge is 0.1000 e. The second kappa shape index (κ2) is 4.33. The van der Waals surface area contributed by atoms with Gasteiger partial charge in [-0.3, -0.25) is 4.90 Å². The summed E-state index contributed by atoms with van der Waals surface area (Å²) in [5.74, 6) is 0. The van der Waals surface area contributed by atoms with Crippen molar-refractivity contribution in [3.8, 4) is 0 Å². The lowest BCUT2D eigenvalue weighted by Gasteiger charge is -2.37. The molecule has 1 fully saturated rings. The Morgan fingerprint density at radius 1 is 1.27 bits per heavy atom. The molecular weight excluding hydrogens is 186 g/mol. The third kappa shape index (κ3) is 3.05. The fraction of sp³-hybridized carbons (Fsp3) is 0.538. The van der Waals surface area contributed by atoms with Crippen LogP contribution in [0, 0.1) is 0 Å².